The van der Waals surface area contributed by atoms with Crippen LogP contribution >= 0.6 is 15.9 Å². The van der Waals surface area contributed by atoms with Crippen molar-refractivity contribution in [1.29, 1.82) is 0 Å². The van der Waals surface area contributed by atoms with Crippen LogP contribution < -0.4 is 9.47 Å². The fraction of sp³-hybridized carbons (Fsp3) is 0.300. The first kappa shape index (κ1) is 29.2. The Morgan fingerprint density at radius 1 is 1.03 bits per heavy atom. The van der Waals surface area contributed by atoms with E-state index in [4.69, 9.17) is 9.47 Å². The first-order chi connectivity index (χ1) is 16.2. The second-order valence-corrected chi connectivity index (χ2v) is 8.94. The molecular formula is C30H38BrNO2. The molecule has 0 atom stereocenters. The number of hydrogen-bond donors (Lipinski definition) is 0. The van der Waals surface area contributed by atoms with Crippen LogP contribution in [0.4, 0.5) is 0 Å². The summed E-state index contributed by atoms with van der Waals surface area (Å²) in [6.07, 6.45) is 4.14. The van der Waals surface area contributed by atoms with Crippen LogP contribution in [-0.2, 0) is 13.0 Å². The Bertz CT molecular complexity index is 1040. The first-order valence-electron chi connectivity index (χ1n) is 11.4. The summed E-state index contributed by atoms with van der Waals surface area (Å²) < 4.78 is 11.9. The minimum absolute atomic E-state index is 0.514. The van der Waals surface area contributed by atoms with E-state index in [1.165, 1.54) is 34.0 Å². The average Bonchev–Trinajstić information content (AvgIpc) is 2.82. The number of allylic oxidation sites excluding steroid dienone is 2. The molecule has 0 saturated carbocycles. The van der Waals surface area contributed by atoms with Crippen LogP contribution in [-0.4, -0.2) is 12.1 Å². The summed E-state index contributed by atoms with van der Waals surface area (Å²) in [6, 6.07) is 18.0. The molecule has 182 valence electrons. The fourth-order valence-corrected chi connectivity index (χ4v) is 3.31. The lowest BCUT2D eigenvalue weighted by molar-refractivity contribution is 0.293. The van der Waals surface area contributed by atoms with Crippen LogP contribution in [0.2, 0.25) is 0 Å². The zero-order chi connectivity index (χ0) is 25.5. The average molecular weight is 525 g/mol. The number of aryl methyl sites for hydroxylation is 4. The van der Waals surface area contributed by atoms with Gasteiger partial charge in [-0.05, 0) is 80.6 Å². The molecule has 2 aromatic carbocycles. The van der Waals surface area contributed by atoms with E-state index in [0.717, 1.165) is 22.6 Å². The maximum atomic E-state index is 5.59. The molecule has 3 nitrogen and oxygen atoms in total. The second-order valence-electron chi connectivity index (χ2n) is 8.08. The van der Waals surface area contributed by atoms with Crippen molar-refractivity contribution in [3.05, 3.63) is 112 Å². The van der Waals surface area contributed by atoms with Crippen molar-refractivity contribution >= 4 is 15.9 Å². The number of benzene rings is 2. The van der Waals surface area contributed by atoms with E-state index in [9.17, 15) is 0 Å². The van der Waals surface area contributed by atoms with Crippen LogP contribution in [0.25, 0.3) is 0 Å². The van der Waals surface area contributed by atoms with Gasteiger partial charge in [0.15, 0.2) is 0 Å². The molecule has 1 heterocycles. The van der Waals surface area contributed by atoms with Gasteiger partial charge in [-0.25, -0.2) is 4.98 Å². The molecule has 0 fully saturated rings. The van der Waals surface area contributed by atoms with Crippen LogP contribution in [0.1, 0.15) is 48.2 Å². The van der Waals surface area contributed by atoms with Gasteiger partial charge in [0.2, 0.25) is 5.88 Å². The lowest BCUT2D eigenvalue weighted by Gasteiger charge is -2.07. The number of hydrogen-bond acceptors (Lipinski definition) is 3. The molecule has 0 amide bonds. The maximum Gasteiger partial charge on any atom is 0.213 e. The number of aromatic nitrogens is 1. The van der Waals surface area contributed by atoms with Crippen molar-refractivity contribution in [2.24, 2.45) is 0 Å². The predicted octanol–water partition coefficient (Wildman–Crippen LogP) is 8.74. The highest BCUT2D eigenvalue weighted by molar-refractivity contribution is 9.10. The number of ether oxygens (including phenoxy) is 2. The van der Waals surface area contributed by atoms with Crippen LogP contribution in [0, 0.1) is 20.8 Å². The van der Waals surface area contributed by atoms with Crippen molar-refractivity contribution in [2.75, 3.05) is 7.11 Å². The van der Waals surface area contributed by atoms with Gasteiger partial charge in [-0.2, -0.15) is 0 Å². The monoisotopic (exact) mass is 523 g/mol. The van der Waals surface area contributed by atoms with E-state index < -0.39 is 0 Å². The summed E-state index contributed by atoms with van der Waals surface area (Å²) in [6.45, 7) is 17.9. The SMILES string of the molecule is C=CC(=C)C.CCCc1cc(C)c(Br)cc1C.COc1ccc(COc2cccc(C)n2)cc1. The lowest BCUT2D eigenvalue weighted by atomic mass is 10.0. The summed E-state index contributed by atoms with van der Waals surface area (Å²) in [5.74, 6) is 1.50. The molecule has 3 aromatic rings. The Kier molecular flexibility index (Phi) is 13.6. The molecule has 0 radical (unpaired) electrons. The summed E-state index contributed by atoms with van der Waals surface area (Å²) >= 11 is 3.53. The highest BCUT2D eigenvalue weighted by atomic mass is 79.9. The van der Waals surface area contributed by atoms with Gasteiger partial charge in [0.25, 0.3) is 0 Å². The Balaban J connectivity index is 0.000000296. The number of nitrogens with zero attached hydrogens (tertiary/aromatic N) is 1. The van der Waals surface area contributed by atoms with E-state index in [1.807, 2.05) is 56.3 Å². The molecule has 0 saturated heterocycles. The smallest absolute Gasteiger partial charge is 0.213 e. The number of rotatable bonds is 7. The fourth-order valence-electron chi connectivity index (χ4n) is 2.86. The van der Waals surface area contributed by atoms with Gasteiger partial charge in [0.1, 0.15) is 12.4 Å². The highest BCUT2D eigenvalue weighted by Gasteiger charge is 2.01. The zero-order valence-electron chi connectivity index (χ0n) is 21.5. The quantitative estimate of drug-likeness (QED) is 0.290. The van der Waals surface area contributed by atoms with Crippen molar-refractivity contribution in [3.63, 3.8) is 0 Å². The van der Waals surface area contributed by atoms with E-state index in [1.54, 1.807) is 13.2 Å². The molecule has 0 aliphatic rings. The van der Waals surface area contributed by atoms with E-state index in [-0.39, 0.29) is 0 Å². The van der Waals surface area contributed by atoms with Gasteiger partial charge in [0, 0.05) is 16.2 Å². The van der Waals surface area contributed by atoms with Crippen LogP contribution in [0.5, 0.6) is 11.6 Å². The van der Waals surface area contributed by atoms with Crippen LogP contribution in [0.15, 0.2) is 83.9 Å². The normalized spacial score (nSPS) is 9.62. The molecule has 0 unspecified atom stereocenters. The molecule has 1 aromatic heterocycles. The minimum atomic E-state index is 0.514. The van der Waals surface area contributed by atoms with Gasteiger partial charge in [-0.15, -0.1) is 0 Å². The van der Waals surface area contributed by atoms with Gasteiger partial charge in [0.05, 0.1) is 7.11 Å². The second kappa shape index (κ2) is 15.9. The number of pyridine rings is 1. The summed E-state index contributed by atoms with van der Waals surface area (Å²) in [5, 5.41) is 0. The Hall–Kier alpha value is -2.85. The van der Waals surface area contributed by atoms with Gasteiger partial charge >= 0.3 is 0 Å². The molecule has 4 heteroatoms. The largest absolute Gasteiger partial charge is 0.497 e. The molecule has 0 aliphatic heterocycles. The summed E-state index contributed by atoms with van der Waals surface area (Å²) in [5.41, 5.74) is 7.29. The third-order valence-corrected chi connectivity index (χ3v) is 5.75. The van der Waals surface area contributed by atoms with Crippen LogP contribution in [0.3, 0.4) is 0 Å². The van der Waals surface area contributed by atoms with Gasteiger partial charge in [-0.3, -0.25) is 0 Å². The Morgan fingerprint density at radius 3 is 2.21 bits per heavy atom. The number of halogens is 1. The van der Waals surface area contributed by atoms with Crippen molar-refractivity contribution in [3.8, 4) is 11.6 Å². The van der Waals surface area contributed by atoms with Crippen molar-refractivity contribution < 1.29 is 9.47 Å². The third-order valence-electron chi connectivity index (χ3n) is 4.89. The van der Waals surface area contributed by atoms with Gasteiger partial charge < -0.3 is 9.47 Å². The molecular weight excluding hydrogens is 486 g/mol. The lowest BCUT2D eigenvalue weighted by Crippen LogP contribution is -1.97. The number of methoxy groups -OCH3 is 1. The predicted molar refractivity (Wildman–Crippen MR) is 149 cm³/mol. The molecule has 0 spiro atoms. The molecule has 0 bridgehead atoms. The molecule has 34 heavy (non-hydrogen) atoms. The molecule has 0 N–H and O–H groups in total. The first-order valence-corrected chi connectivity index (χ1v) is 12.2. The summed E-state index contributed by atoms with van der Waals surface area (Å²) in [7, 11) is 1.65. The zero-order valence-corrected chi connectivity index (χ0v) is 23.0. The Morgan fingerprint density at radius 2 is 1.68 bits per heavy atom. The minimum Gasteiger partial charge on any atom is -0.497 e. The van der Waals surface area contributed by atoms with E-state index in [2.05, 4.69) is 67.0 Å². The standard InChI is InChI=1S/C14H15NO2.C11H15Br.C5H8/c1-11-4-3-5-14(15-11)17-10-12-6-8-13(16-2)9-7-12;1-4-5-10-6-9(3)11(12)7-8(10)2;1-4-5(2)3/h3-9H,10H2,1-2H3;6-7H,4-5H2,1-3H3;4H,1-2H2,3H3. The summed E-state index contributed by atoms with van der Waals surface area (Å²) in [4.78, 5) is 4.28. The van der Waals surface area contributed by atoms with Crippen molar-refractivity contribution in [1.82, 2.24) is 4.98 Å². The van der Waals surface area contributed by atoms with Gasteiger partial charge in [-0.1, -0.05) is 78.3 Å². The van der Waals surface area contributed by atoms with E-state index in [0.29, 0.717) is 12.5 Å². The van der Waals surface area contributed by atoms with Crippen molar-refractivity contribution in [2.45, 2.75) is 54.1 Å². The molecule has 0 aliphatic carbocycles. The Labute approximate surface area is 214 Å². The maximum absolute atomic E-state index is 5.59. The topological polar surface area (TPSA) is 31.4 Å². The van der Waals surface area contributed by atoms with E-state index >= 15 is 0 Å². The molecule has 3 rings (SSSR count). The third kappa shape index (κ3) is 11.3. The highest BCUT2D eigenvalue weighted by Crippen LogP contribution is 2.21.